The van der Waals surface area contributed by atoms with Crippen molar-refractivity contribution in [2.45, 2.75) is 58.9 Å². The summed E-state index contributed by atoms with van der Waals surface area (Å²) < 4.78 is 21.1. The summed E-state index contributed by atoms with van der Waals surface area (Å²) in [5.41, 5.74) is 2.75. The van der Waals surface area contributed by atoms with Gasteiger partial charge in [0, 0.05) is 25.1 Å². The Labute approximate surface area is 188 Å². The van der Waals surface area contributed by atoms with E-state index in [0.29, 0.717) is 28.6 Å². The summed E-state index contributed by atoms with van der Waals surface area (Å²) in [5, 5.41) is 12.0. The van der Waals surface area contributed by atoms with Gasteiger partial charge in [0.05, 0.1) is 6.10 Å². The van der Waals surface area contributed by atoms with Crippen LogP contribution in [0.5, 0.6) is 0 Å². The number of hydrogen-bond acceptors (Lipinski definition) is 4. The van der Waals surface area contributed by atoms with Gasteiger partial charge in [-0.3, -0.25) is 4.57 Å². The Morgan fingerprint density at radius 3 is 2.19 bits per heavy atom. The first-order chi connectivity index (χ1) is 14.6. The molecule has 31 heavy (non-hydrogen) atoms. The third-order valence-corrected chi connectivity index (χ3v) is 9.22. The smallest absolute Gasteiger partial charge is 0.264 e. The average molecular weight is 444 g/mol. The lowest BCUT2D eigenvalue weighted by molar-refractivity contribution is 0.0427. The Morgan fingerprint density at radius 2 is 1.65 bits per heavy atom. The van der Waals surface area contributed by atoms with Gasteiger partial charge in [-0.25, -0.2) is 0 Å². The van der Waals surface area contributed by atoms with Crippen LogP contribution in [0, 0.1) is 24.7 Å². The zero-order chi connectivity index (χ0) is 22.8. The lowest BCUT2D eigenvalue weighted by atomic mass is 9.75. The molecule has 1 saturated carbocycles. The Kier molecular flexibility index (Phi) is 7.68. The van der Waals surface area contributed by atoms with Crippen molar-refractivity contribution in [1.29, 1.82) is 0 Å². The van der Waals surface area contributed by atoms with E-state index < -0.39 is 13.2 Å². The van der Waals surface area contributed by atoms with Gasteiger partial charge in [-0.15, -0.1) is 0 Å². The Balaban J connectivity index is 2.02. The third kappa shape index (κ3) is 5.42. The Hall–Kier alpha value is -1.61. The van der Waals surface area contributed by atoms with Crippen LogP contribution < -0.4 is 10.2 Å². The standard InChI is InChI=1S/C26H38NO3P/c1-18(2)24-16-9-20(4)17-25(24)30-31(29,23-14-12-22(13-15-23)27(5)6)26(28)21-10-7-19(3)8-11-21/h7-8,10-15,18,20,24-26,28H,9,16-17H2,1-6H3/t20-,24+,25+,26+,31+/m0/s1. The van der Waals surface area contributed by atoms with Crippen molar-refractivity contribution in [3.05, 3.63) is 59.7 Å². The topological polar surface area (TPSA) is 49.8 Å². The van der Waals surface area contributed by atoms with Crippen molar-refractivity contribution < 1.29 is 14.2 Å². The molecule has 5 atom stereocenters. The van der Waals surface area contributed by atoms with Crippen LogP contribution in [0.4, 0.5) is 5.69 Å². The van der Waals surface area contributed by atoms with E-state index in [4.69, 9.17) is 4.52 Å². The van der Waals surface area contributed by atoms with Crippen LogP contribution in [0.25, 0.3) is 0 Å². The van der Waals surface area contributed by atoms with E-state index in [9.17, 15) is 9.67 Å². The van der Waals surface area contributed by atoms with Gasteiger partial charge >= 0.3 is 0 Å². The molecule has 0 saturated heterocycles. The van der Waals surface area contributed by atoms with Gasteiger partial charge in [0.15, 0.2) is 5.85 Å². The number of rotatable bonds is 7. The van der Waals surface area contributed by atoms with E-state index in [-0.39, 0.29) is 6.10 Å². The monoisotopic (exact) mass is 443 g/mol. The second-order valence-electron chi connectivity index (χ2n) is 9.76. The minimum Gasteiger partial charge on any atom is -0.378 e. The van der Waals surface area contributed by atoms with Crippen LogP contribution in [0.1, 0.15) is 57.0 Å². The maximum Gasteiger partial charge on any atom is 0.264 e. The fourth-order valence-corrected chi connectivity index (χ4v) is 6.88. The van der Waals surface area contributed by atoms with Gasteiger partial charge in [0.2, 0.25) is 0 Å². The van der Waals surface area contributed by atoms with Crippen LogP contribution in [-0.4, -0.2) is 25.3 Å². The molecule has 0 heterocycles. The summed E-state index contributed by atoms with van der Waals surface area (Å²) in [4.78, 5) is 2.00. The zero-order valence-electron chi connectivity index (χ0n) is 19.8. The van der Waals surface area contributed by atoms with E-state index in [1.807, 2.05) is 74.4 Å². The number of nitrogens with zero attached hydrogens (tertiary/aromatic N) is 1. The van der Waals surface area contributed by atoms with Gasteiger partial charge < -0.3 is 14.5 Å². The molecule has 0 amide bonds. The first-order valence-corrected chi connectivity index (χ1v) is 13.1. The van der Waals surface area contributed by atoms with E-state index in [1.165, 1.54) is 6.42 Å². The van der Waals surface area contributed by atoms with E-state index >= 15 is 0 Å². The highest BCUT2D eigenvalue weighted by Gasteiger charge is 2.42. The molecule has 3 rings (SSSR count). The fraction of sp³-hybridized carbons (Fsp3) is 0.538. The molecule has 0 spiro atoms. The molecule has 0 bridgehead atoms. The molecule has 2 aromatic carbocycles. The van der Waals surface area contributed by atoms with Gasteiger partial charge in [0.25, 0.3) is 7.37 Å². The molecule has 1 aliphatic carbocycles. The van der Waals surface area contributed by atoms with E-state index in [1.54, 1.807) is 0 Å². The zero-order valence-corrected chi connectivity index (χ0v) is 20.7. The molecule has 0 aliphatic heterocycles. The van der Waals surface area contributed by atoms with Gasteiger partial charge in [-0.05, 0) is 67.3 Å². The number of aliphatic hydroxyl groups is 1. The molecule has 1 fully saturated rings. The molecule has 0 unspecified atom stereocenters. The Bertz CT molecular complexity index is 892. The summed E-state index contributed by atoms with van der Waals surface area (Å²) in [5.74, 6) is 0.124. The number of benzene rings is 2. The lowest BCUT2D eigenvalue weighted by Crippen LogP contribution is -2.35. The van der Waals surface area contributed by atoms with Crippen molar-refractivity contribution in [2.24, 2.45) is 17.8 Å². The van der Waals surface area contributed by atoms with Crippen LogP contribution in [0.2, 0.25) is 0 Å². The van der Waals surface area contributed by atoms with Gasteiger partial charge in [-0.2, -0.15) is 0 Å². The van der Waals surface area contributed by atoms with Crippen molar-refractivity contribution in [3.63, 3.8) is 0 Å². The molecule has 0 aromatic heterocycles. The number of aryl methyl sites for hydroxylation is 1. The number of hydrogen-bond donors (Lipinski definition) is 1. The second-order valence-corrected chi connectivity index (χ2v) is 12.2. The minimum absolute atomic E-state index is 0.122. The predicted molar refractivity (Wildman–Crippen MR) is 130 cm³/mol. The number of anilines is 1. The highest BCUT2D eigenvalue weighted by Crippen LogP contribution is 2.60. The number of aliphatic hydroxyl groups excluding tert-OH is 1. The largest absolute Gasteiger partial charge is 0.378 e. The molecule has 5 heteroatoms. The molecule has 0 radical (unpaired) electrons. The molecule has 1 N–H and O–H groups in total. The molecule has 1 aliphatic rings. The predicted octanol–water partition coefficient (Wildman–Crippen LogP) is 6.13. The molecule has 170 valence electrons. The summed E-state index contributed by atoms with van der Waals surface area (Å²) >= 11 is 0. The van der Waals surface area contributed by atoms with E-state index in [2.05, 4.69) is 20.8 Å². The van der Waals surface area contributed by atoms with Crippen LogP contribution in [-0.2, 0) is 9.09 Å². The SMILES string of the molecule is Cc1ccc([C@H](O)[P@](=O)(O[C@@H]2C[C@@H](C)CC[C@@H]2C(C)C)c2ccc(N(C)C)cc2)cc1. The molecular weight excluding hydrogens is 405 g/mol. The van der Waals surface area contributed by atoms with Crippen molar-refractivity contribution in [1.82, 2.24) is 0 Å². The van der Waals surface area contributed by atoms with Crippen molar-refractivity contribution >= 4 is 18.4 Å². The highest BCUT2D eigenvalue weighted by atomic mass is 31.2. The summed E-state index contributed by atoms with van der Waals surface area (Å²) in [6.45, 7) is 8.66. The normalized spacial score (nSPS) is 24.6. The first-order valence-electron chi connectivity index (χ1n) is 11.4. The van der Waals surface area contributed by atoms with Crippen LogP contribution in [0.15, 0.2) is 48.5 Å². The molecular formula is C26H38NO3P. The average Bonchev–Trinajstić information content (AvgIpc) is 2.73. The van der Waals surface area contributed by atoms with Crippen LogP contribution in [0.3, 0.4) is 0 Å². The van der Waals surface area contributed by atoms with Crippen LogP contribution >= 0.6 is 7.37 Å². The molecule has 2 aromatic rings. The quantitative estimate of drug-likeness (QED) is 0.523. The Morgan fingerprint density at radius 1 is 1.03 bits per heavy atom. The molecule has 4 nitrogen and oxygen atoms in total. The summed E-state index contributed by atoms with van der Waals surface area (Å²) in [6, 6.07) is 15.2. The maximum atomic E-state index is 14.5. The third-order valence-electron chi connectivity index (χ3n) is 6.68. The highest BCUT2D eigenvalue weighted by molar-refractivity contribution is 7.67. The first kappa shape index (κ1) is 24.0. The van der Waals surface area contributed by atoms with Crippen molar-refractivity contribution in [3.8, 4) is 0 Å². The second kappa shape index (κ2) is 9.90. The lowest BCUT2D eigenvalue weighted by Gasteiger charge is -2.40. The minimum atomic E-state index is -3.58. The summed E-state index contributed by atoms with van der Waals surface area (Å²) in [6.07, 6.45) is 3.00. The van der Waals surface area contributed by atoms with E-state index in [0.717, 1.165) is 24.1 Å². The van der Waals surface area contributed by atoms with Gasteiger partial charge in [0.1, 0.15) is 0 Å². The van der Waals surface area contributed by atoms with Crippen molar-refractivity contribution in [2.75, 3.05) is 19.0 Å². The van der Waals surface area contributed by atoms with Gasteiger partial charge in [-0.1, -0.05) is 57.0 Å². The maximum absolute atomic E-state index is 14.5. The fourth-order valence-electron chi connectivity index (χ4n) is 4.59. The summed E-state index contributed by atoms with van der Waals surface area (Å²) in [7, 11) is 0.365.